The third-order valence-electron chi connectivity index (χ3n) is 2.24. The molecular weight excluding hydrogens is 258 g/mol. The van der Waals surface area contributed by atoms with Gasteiger partial charge in [-0.05, 0) is 12.8 Å². The summed E-state index contributed by atoms with van der Waals surface area (Å²) in [7, 11) is 1.69. The number of hydrogen-bond acceptors (Lipinski definition) is 3. The van der Waals surface area contributed by atoms with Gasteiger partial charge in [-0.15, -0.1) is 10.2 Å². The minimum Gasteiger partial charge on any atom is -0.374 e. The molecule has 4 nitrogen and oxygen atoms in total. The topological polar surface area (TPSA) is 39.9 Å². The molecule has 1 unspecified atom stereocenters. The maximum Gasteiger partial charge on any atom is 0.161 e. The average Bonchev–Trinajstić information content (AvgIpc) is 2.59. The first-order valence-corrected chi connectivity index (χ1v) is 6.23. The molecule has 0 aliphatic heterocycles. The van der Waals surface area contributed by atoms with E-state index in [9.17, 15) is 0 Å². The van der Waals surface area contributed by atoms with Crippen molar-refractivity contribution in [3.05, 3.63) is 11.6 Å². The summed E-state index contributed by atoms with van der Waals surface area (Å²) in [5.74, 6) is 2.44. The molecule has 5 heteroatoms. The summed E-state index contributed by atoms with van der Waals surface area (Å²) in [5, 5.41) is 9.04. The highest BCUT2D eigenvalue weighted by molar-refractivity contribution is 9.08. The van der Waals surface area contributed by atoms with Crippen LogP contribution in [0.15, 0.2) is 0 Å². The van der Waals surface area contributed by atoms with Crippen molar-refractivity contribution < 1.29 is 4.74 Å². The Bertz CT molecular complexity index is 312. The van der Waals surface area contributed by atoms with Crippen molar-refractivity contribution in [1.29, 1.82) is 0 Å². The van der Waals surface area contributed by atoms with E-state index in [1.807, 2.05) is 6.92 Å². The van der Waals surface area contributed by atoms with Crippen LogP contribution in [0, 0.1) is 5.92 Å². The van der Waals surface area contributed by atoms with Gasteiger partial charge in [-0.25, -0.2) is 0 Å². The molecule has 15 heavy (non-hydrogen) atoms. The number of ether oxygens (including phenoxy) is 1. The Morgan fingerprint density at radius 1 is 1.33 bits per heavy atom. The second kappa shape index (κ2) is 5.61. The predicted octanol–water partition coefficient (Wildman–Crippen LogP) is 2.54. The quantitative estimate of drug-likeness (QED) is 0.776. The number of nitrogens with zero attached hydrogens (tertiary/aromatic N) is 3. The molecule has 0 fully saturated rings. The van der Waals surface area contributed by atoms with E-state index in [4.69, 9.17) is 4.74 Å². The standard InChI is InChI=1S/C10H18BrN3O/c1-7(2)6-14-9(5-11)12-13-10(14)8(3)15-4/h7-8H,5-6H2,1-4H3. The van der Waals surface area contributed by atoms with Crippen LogP contribution in [0.1, 0.15) is 38.5 Å². The Morgan fingerprint density at radius 2 is 2.00 bits per heavy atom. The van der Waals surface area contributed by atoms with E-state index in [2.05, 4.69) is 44.5 Å². The van der Waals surface area contributed by atoms with Crippen LogP contribution in [0.5, 0.6) is 0 Å². The molecule has 0 radical (unpaired) electrons. The van der Waals surface area contributed by atoms with Gasteiger partial charge >= 0.3 is 0 Å². The Labute approximate surface area is 99.2 Å². The van der Waals surface area contributed by atoms with Crippen LogP contribution < -0.4 is 0 Å². The molecule has 0 aromatic carbocycles. The fraction of sp³-hybridized carbons (Fsp3) is 0.800. The predicted molar refractivity (Wildman–Crippen MR) is 62.9 cm³/mol. The lowest BCUT2D eigenvalue weighted by Crippen LogP contribution is -2.14. The summed E-state index contributed by atoms with van der Waals surface area (Å²) in [6.07, 6.45) is -0.0101. The fourth-order valence-corrected chi connectivity index (χ4v) is 1.83. The molecule has 0 amide bonds. The van der Waals surface area contributed by atoms with Crippen molar-refractivity contribution in [2.24, 2.45) is 5.92 Å². The second-order valence-electron chi connectivity index (χ2n) is 3.99. The van der Waals surface area contributed by atoms with E-state index < -0.39 is 0 Å². The summed E-state index contributed by atoms with van der Waals surface area (Å²) in [4.78, 5) is 0. The highest BCUT2D eigenvalue weighted by atomic mass is 79.9. The van der Waals surface area contributed by atoms with Crippen molar-refractivity contribution in [3.63, 3.8) is 0 Å². The lowest BCUT2D eigenvalue weighted by atomic mass is 10.2. The molecule has 0 bridgehead atoms. The summed E-state index contributed by atoms with van der Waals surface area (Å²) in [6, 6.07) is 0. The molecule has 1 aromatic rings. The first kappa shape index (κ1) is 12.6. The van der Waals surface area contributed by atoms with Gasteiger partial charge in [0, 0.05) is 13.7 Å². The third kappa shape index (κ3) is 3.01. The number of aromatic nitrogens is 3. The Morgan fingerprint density at radius 3 is 2.47 bits per heavy atom. The van der Waals surface area contributed by atoms with Crippen LogP contribution in [-0.2, 0) is 16.6 Å². The van der Waals surface area contributed by atoms with Gasteiger partial charge in [0.05, 0.1) is 5.33 Å². The second-order valence-corrected chi connectivity index (χ2v) is 4.55. The smallest absolute Gasteiger partial charge is 0.161 e. The van der Waals surface area contributed by atoms with E-state index in [1.54, 1.807) is 7.11 Å². The van der Waals surface area contributed by atoms with Gasteiger partial charge in [-0.3, -0.25) is 0 Å². The van der Waals surface area contributed by atoms with Crippen LogP contribution in [0.25, 0.3) is 0 Å². The SMILES string of the molecule is COC(C)c1nnc(CBr)n1CC(C)C. The fourth-order valence-electron chi connectivity index (χ4n) is 1.42. The molecule has 86 valence electrons. The highest BCUT2D eigenvalue weighted by Crippen LogP contribution is 2.17. The summed E-state index contributed by atoms with van der Waals surface area (Å²) < 4.78 is 7.41. The summed E-state index contributed by atoms with van der Waals surface area (Å²) in [6.45, 7) is 7.27. The van der Waals surface area contributed by atoms with Crippen LogP contribution in [0.3, 0.4) is 0 Å². The Balaban J connectivity index is 2.99. The molecule has 0 aliphatic rings. The van der Waals surface area contributed by atoms with Crippen molar-refractivity contribution in [2.45, 2.75) is 38.8 Å². The molecular formula is C10H18BrN3O. The van der Waals surface area contributed by atoms with Crippen molar-refractivity contribution in [1.82, 2.24) is 14.8 Å². The third-order valence-corrected chi connectivity index (χ3v) is 2.74. The molecule has 0 saturated heterocycles. The number of hydrogen-bond donors (Lipinski definition) is 0. The normalized spacial score (nSPS) is 13.5. The zero-order valence-corrected chi connectivity index (χ0v) is 11.3. The molecule has 0 aliphatic carbocycles. The zero-order valence-electron chi connectivity index (χ0n) is 9.70. The van der Waals surface area contributed by atoms with Crippen LogP contribution in [0.2, 0.25) is 0 Å². The number of methoxy groups -OCH3 is 1. The van der Waals surface area contributed by atoms with Crippen LogP contribution in [-0.4, -0.2) is 21.9 Å². The molecule has 1 heterocycles. The van der Waals surface area contributed by atoms with E-state index in [0.29, 0.717) is 5.92 Å². The maximum atomic E-state index is 5.28. The van der Waals surface area contributed by atoms with E-state index in [-0.39, 0.29) is 6.10 Å². The Hall–Kier alpha value is -0.420. The van der Waals surface area contributed by atoms with Crippen molar-refractivity contribution >= 4 is 15.9 Å². The van der Waals surface area contributed by atoms with E-state index in [0.717, 1.165) is 23.5 Å². The van der Waals surface area contributed by atoms with Gasteiger partial charge in [0.1, 0.15) is 11.9 Å². The summed E-state index contributed by atoms with van der Waals surface area (Å²) >= 11 is 3.42. The van der Waals surface area contributed by atoms with Crippen LogP contribution in [0.4, 0.5) is 0 Å². The lowest BCUT2D eigenvalue weighted by molar-refractivity contribution is 0.107. The minimum atomic E-state index is -0.0101. The largest absolute Gasteiger partial charge is 0.374 e. The molecule has 1 aromatic heterocycles. The zero-order chi connectivity index (χ0) is 11.4. The monoisotopic (exact) mass is 275 g/mol. The molecule has 1 rings (SSSR count). The first-order valence-electron chi connectivity index (χ1n) is 5.10. The first-order chi connectivity index (χ1) is 7.10. The molecule has 0 N–H and O–H groups in total. The van der Waals surface area contributed by atoms with Crippen LogP contribution >= 0.6 is 15.9 Å². The Kier molecular flexibility index (Phi) is 4.73. The molecule has 1 atom stereocenters. The van der Waals surface area contributed by atoms with Crippen molar-refractivity contribution in [3.8, 4) is 0 Å². The molecule has 0 saturated carbocycles. The van der Waals surface area contributed by atoms with Gasteiger partial charge in [0.25, 0.3) is 0 Å². The molecule has 0 spiro atoms. The van der Waals surface area contributed by atoms with E-state index >= 15 is 0 Å². The minimum absolute atomic E-state index is 0.0101. The summed E-state index contributed by atoms with van der Waals surface area (Å²) in [5.41, 5.74) is 0. The van der Waals surface area contributed by atoms with Gasteiger partial charge in [-0.1, -0.05) is 29.8 Å². The number of rotatable bonds is 5. The van der Waals surface area contributed by atoms with Crippen molar-refractivity contribution in [2.75, 3.05) is 7.11 Å². The van der Waals surface area contributed by atoms with Gasteiger partial charge in [0.15, 0.2) is 5.82 Å². The van der Waals surface area contributed by atoms with Gasteiger partial charge < -0.3 is 9.30 Å². The van der Waals surface area contributed by atoms with E-state index in [1.165, 1.54) is 0 Å². The van der Waals surface area contributed by atoms with Gasteiger partial charge in [-0.2, -0.15) is 0 Å². The highest BCUT2D eigenvalue weighted by Gasteiger charge is 2.17. The lowest BCUT2D eigenvalue weighted by Gasteiger charge is -2.14. The van der Waals surface area contributed by atoms with Gasteiger partial charge in [0.2, 0.25) is 0 Å². The maximum absolute atomic E-state index is 5.28. The average molecular weight is 276 g/mol. The number of alkyl halides is 1. The number of halogens is 1.